The van der Waals surface area contributed by atoms with Gasteiger partial charge in [0.1, 0.15) is 10.0 Å². The smallest absolute Gasteiger partial charge is 0.226 e. The van der Waals surface area contributed by atoms with Crippen LogP contribution in [0.4, 0.5) is 5.00 Å². The Bertz CT molecular complexity index is 996. The SMILES string of the molecule is COCCNCCC(=O)Nc1sc2c(c1-c1nc3ccccc3s1)C[C@H](C)N[C@@H]2C. The van der Waals surface area contributed by atoms with E-state index in [1.54, 1.807) is 29.8 Å². The number of ether oxygens (including phenoxy) is 1. The molecule has 4 rings (SSSR count). The van der Waals surface area contributed by atoms with Crippen molar-refractivity contribution in [1.29, 1.82) is 0 Å². The highest BCUT2D eigenvalue weighted by atomic mass is 32.1. The van der Waals surface area contributed by atoms with Crippen molar-refractivity contribution in [3.05, 3.63) is 34.7 Å². The lowest BCUT2D eigenvalue weighted by Gasteiger charge is -2.26. The third-order valence-corrected chi connectivity index (χ3v) is 7.63. The first-order chi connectivity index (χ1) is 14.6. The lowest BCUT2D eigenvalue weighted by molar-refractivity contribution is -0.116. The number of carbonyl (C=O) groups excluding carboxylic acids is 1. The molecule has 0 bridgehead atoms. The normalized spacial score (nSPS) is 18.5. The van der Waals surface area contributed by atoms with Gasteiger partial charge >= 0.3 is 0 Å². The van der Waals surface area contributed by atoms with Crippen molar-refractivity contribution in [2.45, 2.75) is 38.8 Å². The number of hydrogen-bond acceptors (Lipinski definition) is 7. The predicted molar refractivity (Wildman–Crippen MR) is 126 cm³/mol. The van der Waals surface area contributed by atoms with Gasteiger partial charge in [0, 0.05) is 49.1 Å². The lowest BCUT2D eigenvalue weighted by atomic mass is 9.95. The van der Waals surface area contributed by atoms with Gasteiger partial charge in [0.2, 0.25) is 5.91 Å². The van der Waals surface area contributed by atoms with Gasteiger partial charge in [-0.15, -0.1) is 22.7 Å². The van der Waals surface area contributed by atoms with Crippen LogP contribution in [0.2, 0.25) is 0 Å². The largest absolute Gasteiger partial charge is 0.383 e. The number of carbonyl (C=O) groups is 1. The summed E-state index contributed by atoms with van der Waals surface area (Å²) in [5.74, 6) is 0.0227. The number of methoxy groups -OCH3 is 1. The average Bonchev–Trinajstić information content (AvgIpc) is 3.28. The van der Waals surface area contributed by atoms with Crippen LogP contribution in [0.3, 0.4) is 0 Å². The van der Waals surface area contributed by atoms with E-state index in [1.165, 1.54) is 15.1 Å². The number of nitrogens with one attached hydrogen (secondary N) is 3. The Hall–Kier alpha value is -1.84. The Morgan fingerprint density at radius 3 is 2.90 bits per heavy atom. The maximum atomic E-state index is 12.7. The number of nitrogens with zero attached hydrogens (tertiary/aromatic N) is 1. The van der Waals surface area contributed by atoms with Crippen LogP contribution in [0.15, 0.2) is 24.3 Å². The third kappa shape index (κ3) is 4.58. The Morgan fingerprint density at radius 1 is 1.27 bits per heavy atom. The summed E-state index contributed by atoms with van der Waals surface area (Å²) in [4.78, 5) is 18.9. The summed E-state index contributed by atoms with van der Waals surface area (Å²) >= 11 is 3.38. The van der Waals surface area contributed by atoms with Crippen LogP contribution in [-0.2, 0) is 16.0 Å². The molecular weight excluding hydrogens is 416 g/mol. The Kier molecular flexibility index (Phi) is 6.80. The highest BCUT2D eigenvalue weighted by Gasteiger charge is 2.30. The fourth-order valence-electron chi connectivity index (χ4n) is 3.89. The molecule has 8 heteroatoms. The van der Waals surface area contributed by atoms with Crippen molar-refractivity contribution in [2.75, 3.05) is 32.1 Å². The molecule has 0 fully saturated rings. The summed E-state index contributed by atoms with van der Waals surface area (Å²) in [5, 5.41) is 11.9. The molecule has 0 aliphatic carbocycles. The molecule has 160 valence electrons. The standard InChI is InChI=1S/C22H28N4O2S2/c1-13-12-15-19(21-25-16-6-4-5-7-17(16)29-21)22(30-20(15)14(2)24-13)26-18(27)8-9-23-10-11-28-3/h4-7,13-14,23-24H,8-12H2,1-3H3,(H,26,27)/t13-,14+/m0/s1. The quantitative estimate of drug-likeness (QED) is 0.455. The second-order valence-corrected chi connectivity index (χ2v) is 9.75. The van der Waals surface area contributed by atoms with E-state index in [0.717, 1.165) is 34.1 Å². The molecule has 30 heavy (non-hydrogen) atoms. The van der Waals surface area contributed by atoms with E-state index in [9.17, 15) is 4.79 Å². The summed E-state index contributed by atoms with van der Waals surface area (Å²) < 4.78 is 6.19. The van der Waals surface area contributed by atoms with E-state index in [0.29, 0.717) is 25.6 Å². The van der Waals surface area contributed by atoms with Crippen LogP contribution in [0.25, 0.3) is 20.8 Å². The number of rotatable bonds is 8. The summed E-state index contributed by atoms with van der Waals surface area (Å²) in [6, 6.07) is 8.87. The molecule has 1 aliphatic heterocycles. The number of fused-ring (bicyclic) bond motifs is 2. The Labute approximate surface area is 185 Å². The minimum Gasteiger partial charge on any atom is -0.383 e. The zero-order valence-corrected chi connectivity index (χ0v) is 19.2. The number of thiazole rings is 1. The third-order valence-electron chi connectivity index (χ3n) is 5.25. The summed E-state index contributed by atoms with van der Waals surface area (Å²) in [7, 11) is 1.67. The molecule has 1 aromatic carbocycles. The van der Waals surface area contributed by atoms with E-state index in [-0.39, 0.29) is 11.9 Å². The lowest BCUT2D eigenvalue weighted by Crippen LogP contribution is -2.35. The second kappa shape index (κ2) is 9.53. The van der Waals surface area contributed by atoms with Gasteiger partial charge in [-0.25, -0.2) is 4.98 Å². The van der Waals surface area contributed by atoms with Gasteiger partial charge in [-0.3, -0.25) is 4.79 Å². The number of para-hydroxylation sites is 1. The molecule has 3 aromatic rings. The van der Waals surface area contributed by atoms with E-state index in [4.69, 9.17) is 9.72 Å². The molecule has 0 radical (unpaired) electrons. The molecule has 3 N–H and O–H groups in total. The highest BCUT2D eigenvalue weighted by molar-refractivity contribution is 7.23. The molecule has 0 spiro atoms. The number of amides is 1. The average molecular weight is 445 g/mol. The van der Waals surface area contributed by atoms with Gasteiger partial charge in [0.25, 0.3) is 0 Å². The Balaban J connectivity index is 1.63. The van der Waals surface area contributed by atoms with E-state index in [1.807, 2.05) is 18.2 Å². The fourth-order valence-corrected chi connectivity index (χ4v) is 6.26. The van der Waals surface area contributed by atoms with Gasteiger partial charge in [0.05, 0.1) is 16.8 Å². The van der Waals surface area contributed by atoms with Crippen molar-refractivity contribution in [3.63, 3.8) is 0 Å². The van der Waals surface area contributed by atoms with Crippen molar-refractivity contribution < 1.29 is 9.53 Å². The Morgan fingerprint density at radius 2 is 2.10 bits per heavy atom. The summed E-state index contributed by atoms with van der Waals surface area (Å²) in [6.45, 7) is 6.42. The van der Waals surface area contributed by atoms with Crippen LogP contribution in [0.1, 0.15) is 36.8 Å². The molecular formula is C22H28N4O2S2. The monoisotopic (exact) mass is 444 g/mol. The van der Waals surface area contributed by atoms with Gasteiger partial charge in [-0.05, 0) is 38.0 Å². The predicted octanol–water partition coefficient (Wildman–Crippen LogP) is 4.18. The molecule has 0 saturated heterocycles. The van der Waals surface area contributed by atoms with Crippen molar-refractivity contribution in [2.24, 2.45) is 0 Å². The zero-order chi connectivity index (χ0) is 21.1. The maximum absolute atomic E-state index is 12.7. The van der Waals surface area contributed by atoms with Gasteiger partial charge < -0.3 is 20.7 Å². The molecule has 6 nitrogen and oxygen atoms in total. The minimum atomic E-state index is 0.0227. The molecule has 0 unspecified atom stereocenters. The number of hydrogen-bond donors (Lipinski definition) is 3. The number of thiophene rings is 1. The van der Waals surface area contributed by atoms with Crippen molar-refractivity contribution >= 4 is 43.8 Å². The maximum Gasteiger partial charge on any atom is 0.226 e. The van der Waals surface area contributed by atoms with Crippen molar-refractivity contribution in [1.82, 2.24) is 15.6 Å². The second-order valence-electron chi connectivity index (χ2n) is 7.67. The summed E-state index contributed by atoms with van der Waals surface area (Å²) in [6.07, 6.45) is 1.37. The summed E-state index contributed by atoms with van der Waals surface area (Å²) in [5.41, 5.74) is 3.44. The first kappa shape index (κ1) is 21.4. The number of aromatic nitrogens is 1. The van der Waals surface area contributed by atoms with E-state index in [2.05, 4.69) is 35.9 Å². The first-order valence-corrected chi connectivity index (χ1v) is 12.0. The van der Waals surface area contributed by atoms with Gasteiger partial charge in [0.15, 0.2) is 0 Å². The van der Waals surface area contributed by atoms with Crippen LogP contribution >= 0.6 is 22.7 Å². The number of anilines is 1. The molecule has 2 atom stereocenters. The van der Waals surface area contributed by atoms with Gasteiger partial charge in [-0.2, -0.15) is 0 Å². The number of benzene rings is 1. The molecule has 2 aromatic heterocycles. The highest BCUT2D eigenvalue weighted by Crippen LogP contribution is 2.47. The van der Waals surface area contributed by atoms with Crippen LogP contribution in [0, 0.1) is 0 Å². The first-order valence-electron chi connectivity index (χ1n) is 10.3. The molecule has 1 amide bonds. The van der Waals surface area contributed by atoms with Crippen LogP contribution in [0.5, 0.6) is 0 Å². The van der Waals surface area contributed by atoms with Crippen LogP contribution < -0.4 is 16.0 Å². The minimum absolute atomic E-state index is 0.0227. The topological polar surface area (TPSA) is 75.3 Å². The van der Waals surface area contributed by atoms with Crippen LogP contribution in [-0.4, -0.2) is 43.7 Å². The van der Waals surface area contributed by atoms with Gasteiger partial charge in [-0.1, -0.05) is 12.1 Å². The van der Waals surface area contributed by atoms with E-state index >= 15 is 0 Å². The van der Waals surface area contributed by atoms with E-state index < -0.39 is 0 Å². The fraction of sp³-hybridized carbons (Fsp3) is 0.455. The van der Waals surface area contributed by atoms with Crippen molar-refractivity contribution in [3.8, 4) is 10.6 Å². The molecule has 1 aliphatic rings. The molecule has 0 saturated carbocycles. The zero-order valence-electron chi connectivity index (χ0n) is 17.6. The molecule has 3 heterocycles.